The van der Waals surface area contributed by atoms with Crippen molar-refractivity contribution in [3.63, 3.8) is 0 Å². The molecule has 168 valence electrons. The molecule has 7 nitrogen and oxygen atoms in total. The minimum absolute atomic E-state index is 0.375. The summed E-state index contributed by atoms with van der Waals surface area (Å²) in [5.74, 6) is -1.80. The second kappa shape index (κ2) is 10.7. The van der Waals surface area contributed by atoms with Crippen LogP contribution in [-0.4, -0.2) is 24.0 Å². The van der Waals surface area contributed by atoms with Crippen LogP contribution in [0.1, 0.15) is 15.9 Å². The zero-order valence-corrected chi connectivity index (χ0v) is 19.9. The number of nitrogens with one attached hydrogen (secondary N) is 2. The molecule has 0 heterocycles. The summed E-state index contributed by atoms with van der Waals surface area (Å²) >= 11 is 2.08. The molecule has 0 aromatic heterocycles. The average Bonchev–Trinajstić information content (AvgIpc) is 2.85. The minimum Gasteiger partial charge on any atom is -0.423 e. The summed E-state index contributed by atoms with van der Waals surface area (Å²) in [6.07, 6.45) is 1.38. The third-order valence-corrected chi connectivity index (χ3v) is 5.75. The van der Waals surface area contributed by atoms with Gasteiger partial charge in [0.2, 0.25) is 0 Å². The van der Waals surface area contributed by atoms with E-state index in [-0.39, 0.29) is 0 Å². The van der Waals surface area contributed by atoms with Crippen molar-refractivity contribution in [3.05, 3.63) is 106 Å². The van der Waals surface area contributed by atoms with Gasteiger partial charge in [0.1, 0.15) is 5.75 Å². The maximum absolute atomic E-state index is 12.3. The third-order valence-electron chi connectivity index (χ3n) is 4.81. The van der Waals surface area contributed by atoms with Crippen LogP contribution in [0.25, 0.3) is 10.8 Å². The quantitative estimate of drug-likeness (QED) is 0.0915. The highest BCUT2D eigenvalue weighted by Crippen LogP contribution is 2.22. The fourth-order valence-electron chi connectivity index (χ4n) is 3.14. The fourth-order valence-corrected chi connectivity index (χ4v) is 3.75. The summed E-state index contributed by atoms with van der Waals surface area (Å²) < 4.78 is 6.19. The molecule has 0 radical (unpaired) electrons. The van der Waals surface area contributed by atoms with Crippen LogP contribution in [0.2, 0.25) is 0 Å². The van der Waals surface area contributed by atoms with Crippen molar-refractivity contribution in [3.8, 4) is 5.75 Å². The van der Waals surface area contributed by atoms with Gasteiger partial charge in [0, 0.05) is 14.6 Å². The number of ether oxygens (including phenoxy) is 1. The Balaban J connectivity index is 1.32. The number of benzene rings is 4. The van der Waals surface area contributed by atoms with Gasteiger partial charge in [-0.2, -0.15) is 5.10 Å². The summed E-state index contributed by atoms with van der Waals surface area (Å²) in [6.45, 7) is 0. The maximum Gasteiger partial charge on any atom is 0.344 e. The van der Waals surface area contributed by atoms with Crippen LogP contribution in [0.3, 0.4) is 0 Å². The van der Waals surface area contributed by atoms with Crippen molar-refractivity contribution >= 4 is 63.0 Å². The second-order valence-corrected chi connectivity index (χ2v) is 8.28. The zero-order chi connectivity index (χ0) is 23.9. The number of carbonyl (C=O) groups is 3. The Hall–Kier alpha value is -4.05. The van der Waals surface area contributed by atoms with Crippen LogP contribution >= 0.6 is 22.6 Å². The van der Waals surface area contributed by atoms with Gasteiger partial charge in [0.25, 0.3) is 0 Å². The SMILES string of the molecule is O=C(N/N=C\c1ccc(OC(=O)c2ccccc2I)cc1)C(=O)Nc1cccc2ccccc12. The maximum atomic E-state index is 12.3. The van der Waals surface area contributed by atoms with Gasteiger partial charge in [-0.25, -0.2) is 10.2 Å². The molecule has 2 N–H and O–H groups in total. The number of halogens is 1. The Morgan fingerprint density at radius 2 is 1.50 bits per heavy atom. The van der Waals surface area contributed by atoms with Crippen molar-refractivity contribution in [1.82, 2.24) is 5.43 Å². The average molecular weight is 563 g/mol. The van der Waals surface area contributed by atoms with E-state index in [4.69, 9.17) is 4.74 Å². The molecule has 0 saturated carbocycles. The summed E-state index contributed by atoms with van der Waals surface area (Å²) in [7, 11) is 0. The molecule has 0 fully saturated rings. The molecule has 8 heteroatoms. The Labute approximate surface area is 209 Å². The van der Waals surface area contributed by atoms with Gasteiger partial charge in [-0.1, -0.05) is 48.5 Å². The van der Waals surface area contributed by atoms with Crippen LogP contribution in [0.4, 0.5) is 5.69 Å². The van der Waals surface area contributed by atoms with E-state index in [1.165, 1.54) is 6.21 Å². The van der Waals surface area contributed by atoms with Gasteiger partial charge in [-0.15, -0.1) is 0 Å². The molecular weight excluding hydrogens is 545 g/mol. The molecule has 0 bridgehead atoms. The van der Waals surface area contributed by atoms with Gasteiger partial charge < -0.3 is 10.1 Å². The molecule has 34 heavy (non-hydrogen) atoms. The van der Waals surface area contributed by atoms with Crippen molar-refractivity contribution in [2.24, 2.45) is 5.10 Å². The number of hydrogen-bond acceptors (Lipinski definition) is 5. The highest BCUT2D eigenvalue weighted by atomic mass is 127. The van der Waals surface area contributed by atoms with Crippen LogP contribution in [0.5, 0.6) is 5.75 Å². The first-order chi connectivity index (χ1) is 16.5. The van der Waals surface area contributed by atoms with Crippen molar-refractivity contribution < 1.29 is 19.1 Å². The number of anilines is 1. The second-order valence-electron chi connectivity index (χ2n) is 7.12. The first-order valence-corrected chi connectivity index (χ1v) is 11.3. The standard InChI is InChI=1S/C26H18IN3O4/c27-22-10-4-3-9-21(22)26(33)34-19-14-12-17(13-15-19)16-28-30-25(32)24(31)29-23-11-5-7-18-6-1-2-8-20(18)23/h1-16H,(H,29,31)(H,30,32)/b28-16-. The van der Waals surface area contributed by atoms with Gasteiger partial charge >= 0.3 is 17.8 Å². The highest BCUT2D eigenvalue weighted by molar-refractivity contribution is 14.1. The van der Waals surface area contributed by atoms with Gasteiger partial charge in [0.05, 0.1) is 11.8 Å². The van der Waals surface area contributed by atoms with Gasteiger partial charge in [-0.05, 0) is 76.0 Å². The largest absolute Gasteiger partial charge is 0.423 e. The van der Waals surface area contributed by atoms with E-state index in [1.807, 2.05) is 42.5 Å². The first-order valence-electron chi connectivity index (χ1n) is 10.2. The highest BCUT2D eigenvalue weighted by Gasteiger charge is 2.14. The van der Waals surface area contributed by atoms with Crippen molar-refractivity contribution in [2.75, 3.05) is 5.32 Å². The molecule has 0 aliphatic heterocycles. The molecule has 4 aromatic carbocycles. The van der Waals surface area contributed by atoms with Gasteiger partial charge in [-0.3, -0.25) is 9.59 Å². The number of hydrogen-bond donors (Lipinski definition) is 2. The summed E-state index contributed by atoms with van der Waals surface area (Å²) in [5, 5.41) is 8.21. The summed E-state index contributed by atoms with van der Waals surface area (Å²) in [5.41, 5.74) is 3.87. The smallest absolute Gasteiger partial charge is 0.344 e. The molecule has 0 unspecified atom stereocenters. The number of hydrazone groups is 1. The number of carbonyl (C=O) groups excluding carboxylic acids is 3. The topological polar surface area (TPSA) is 96.9 Å². The lowest BCUT2D eigenvalue weighted by molar-refractivity contribution is -0.136. The number of esters is 1. The Kier molecular flexibility index (Phi) is 7.28. The lowest BCUT2D eigenvalue weighted by Crippen LogP contribution is -2.32. The lowest BCUT2D eigenvalue weighted by atomic mass is 10.1. The fraction of sp³-hybridized carbons (Fsp3) is 0. The van der Waals surface area contributed by atoms with E-state index >= 15 is 0 Å². The molecule has 0 saturated heterocycles. The van der Waals surface area contributed by atoms with E-state index in [0.29, 0.717) is 22.6 Å². The van der Waals surface area contributed by atoms with Crippen molar-refractivity contribution in [2.45, 2.75) is 0 Å². The Bertz CT molecular complexity index is 1400. The van der Waals surface area contributed by atoms with E-state index in [2.05, 4.69) is 38.4 Å². The number of nitrogens with zero attached hydrogens (tertiary/aromatic N) is 1. The van der Waals surface area contributed by atoms with E-state index in [0.717, 1.165) is 14.3 Å². The lowest BCUT2D eigenvalue weighted by Gasteiger charge is -2.07. The molecule has 4 rings (SSSR count). The van der Waals surface area contributed by atoms with Gasteiger partial charge in [0.15, 0.2) is 0 Å². The van der Waals surface area contributed by atoms with Crippen LogP contribution in [0.15, 0.2) is 96.1 Å². The van der Waals surface area contributed by atoms with Crippen LogP contribution in [0, 0.1) is 3.57 Å². The Morgan fingerprint density at radius 1 is 0.794 bits per heavy atom. The Morgan fingerprint density at radius 3 is 2.29 bits per heavy atom. The molecule has 0 aliphatic carbocycles. The predicted octanol–water partition coefficient (Wildman–Crippen LogP) is 4.75. The van der Waals surface area contributed by atoms with Crippen molar-refractivity contribution in [1.29, 1.82) is 0 Å². The number of fused-ring (bicyclic) bond motifs is 1. The molecule has 0 aliphatic rings. The van der Waals surface area contributed by atoms with Crippen LogP contribution < -0.4 is 15.5 Å². The van der Waals surface area contributed by atoms with E-state index in [9.17, 15) is 14.4 Å². The normalized spacial score (nSPS) is 10.7. The first kappa shape index (κ1) is 23.1. The number of rotatable bonds is 5. The predicted molar refractivity (Wildman–Crippen MR) is 139 cm³/mol. The van der Waals surface area contributed by atoms with E-state index < -0.39 is 17.8 Å². The monoisotopic (exact) mass is 563 g/mol. The molecule has 4 aromatic rings. The van der Waals surface area contributed by atoms with E-state index in [1.54, 1.807) is 48.5 Å². The van der Waals surface area contributed by atoms with Crippen LogP contribution in [-0.2, 0) is 9.59 Å². The molecular formula is C26H18IN3O4. The molecule has 2 amide bonds. The summed E-state index contributed by atoms with van der Waals surface area (Å²) in [6, 6.07) is 26.7. The summed E-state index contributed by atoms with van der Waals surface area (Å²) in [4.78, 5) is 36.7. The number of amides is 2. The minimum atomic E-state index is -0.896. The molecule has 0 spiro atoms. The third kappa shape index (κ3) is 5.65. The molecule has 0 atom stereocenters. The zero-order valence-electron chi connectivity index (χ0n) is 17.7.